The Labute approximate surface area is 129 Å². The van der Waals surface area contributed by atoms with Crippen molar-refractivity contribution in [2.45, 2.75) is 32.2 Å². The molecule has 2 unspecified atom stereocenters. The average Bonchev–Trinajstić information content (AvgIpc) is 3.13. The van der Waals surface area contributed by atoms with Gasteiger partial charge in [-0.25, -0.2) is 4.39 Å². The van der Waals surface area contributed by atoms with Crippen LogP contribution < -0.4 is 10.6 Å². The van der Waals surface area contributed by atoms with Crippen LogP contribution in [0.4, 0.5) is 4.39 Å². The molecule has 2 fully saturated rings. The number of carbonyl (C=O) groups excluding carboxylic acids is 1. The van der Waals surface area contributed by atoms with Gasteiger partial charge in [0.15, 0.2) is 0 Å². The van der Waals surface area contributed by atoms with Crippen LogP contribution in [0.5, 0.6) is 0 Å². The minimum absolute atomic E-state index is 0.0312. The maximum absolute atomic E-state index is 13.9. The summed E-state index contributed by atoms with van der Waals surface area (Å²) in [6, 6.07) is 4.18. The monoisotopic (exact) mass is 310 g/mol. The Morgan fingerprint density at radius 1 is 1.48 bits per heavy atom. The van der Waals surface area contributed by atoms with E-state index in [2.05, 4.69) is 10.6 Å². The Balaban J connectivity index is 1.66. The predicted molar refractivity (Wildman–Crippen MR) is 80.6 cm³/mol. The molecule has 0 radical (unpaired) electrons. The Morgan fingerprint density at radius 2 is 2.19 bits per heavy atom. The van der Waals surface area contributed by atoms with Gasteiger partial charge in [-0.3, -0.25) is 4.79 Å². The second-order valence-electron chi connectivity index (χ2n) is 6.23. The van der Waals surface area contributed by atoms with Crippen LogP contribution >= 0.6 is 11.6 Å². The second kappa shape index (κ2) is 5.58. The highest BCUT2D eigenvalue weighted by Gasteiger charge is 2.57. The van der Waals surface area contributed by atoms with Gasteiger partial charge in [0.2, 0.25) is 5.91 Å². The van der Waals surface area contributed by atoms with Crippen LogP contribution in [0.2, 0.25) is 5.02 Å². The molecule has 1 aliphatic carbocycles. The van der Waals surface area contributed by atoms with Crippen molar-refractivity contribution in [1.82, 2.24) is 10.6 Å². The molecule has 2 aliphatic rings. The first-order valence-corrected chi connectivity index (χ1v) is 7.86. The van der Waals surface area contributed by atoms with Gasteiger partial charge in [0.25, 0.3) is 0 Å². The lowest BCUT2D eigenvalue weighted by atomic mass is 9.91. The summed E-state index contributed by atoms with van der Waals surface area (Å²) in [5, 5.41) is 6.61. The fraction of sp³-hybridized carbons (Fsp3) is 0.562. The van der Waals surface area contributed by atoms with Crippen molar-refractivity contribution in [2.24, 2.45) is 11.3 Å². The third-order valence-electron chi connectivity index (χ3n) is 4.90. The van der Waals surface area contributed by atoms with E-state index in [1.54, 1.807) is 19.1 Å². The number of rotatable bonds is 3. The highest BCUT2D eigenvalue weighted by molar-refractivity contribution is 6.31. The molecule has 1 saturated heterocycles. The van der Waals surface area contributed by atoms with Crippen LogP contribution in [0.1, 0.15) is 37.8 Å². The van der Waals surface area contributed by atoms with Crippen LogP contribution in [0.3, 0.4) is 0 Å². The first-order valence-electron chi connectivity index (χ1n) is 7.48. The fourth-order valence-electron chi connectivity index (χ4n) is 3.51. The highest BCUT2D eigenvalue weighted by Crippen LogP contribution is 2.58. The lowest BCUT2D eigenvalue weighted by molar-refractivity contribution is -0.123. The summed E-state index contributed by atoms with van der Waals surface area (Å²) in [4.78, 5) is 12.4. The van der Waals surface area contributed by atoms with Gasteiger partial charge in [0.05, 0.1) is 6.04 Å². The van der Waals surface area contributed by atoms with Crippen molar-refractivity contribution < 1.29 is 9.18 Å². The molecule has 1 aromatic rings. The number of piperidine rings is 1. The summed E-state index contributed by atoms with van der Waals surface area (Å²) in [6.45, 7) is 3.75. The molecule has 2 atom stereocenters. The van der Waals surface area contributed by atoms with E-state index in [0.29, 0.717) is 10.6 Å². The lowest BCUT2D eigenvalue weighted by Crippen LogP contribution is -2.34. The van der Waals surface area contributed by atoms with E-state index in [1.165, 1.54) is 6.07 Å². The Kier molecular flexibility index (Phi) is 3.93. The van der Waals surface area contributed by atoms with Gasteiger partial charge < -0.3 is 10.6 Å². The van der Waals surface area contributed by atoms with Gasteiger partial charge in [-0.05, 0) is 56.8 Å². The fourth-order valence-corrected chi connectivity index (χ4v) is 3.83. The summed E-state index contributed by atoms with van der Waals surface area (Å²) in [6.07, 6.45) is 3.07. The van der Waals surface area contributed by atoms with E-state index < -0.39 is 6.04 Å². The minimum atomic E-state index is -0.412. The largest absolute Gasteiger partial charge is 0.349 e. The van der Waals surface area contributed by atoms with E-state index >= 15 is 0 Å². The molecule has 3 rings (SSSR count). The lowest BCUT2D eigenvalue weighted by Gasteiger charge is -2.24. The molecule has 0 bridgehead atoms. The zero-order valence-corrected chi connectivity index (χ0v) is 12.8. The Hall–Kier alpha value is -1.13. The molecule has 1 amide bonds. The van der Waals surface area contributed by atoms with Crippen molar-refractivity contribution in [2.75, 3.05) is 13.1 Å². The average molecular weight is 311 g/mol. The highest BCUT2D eigenvalue weighted by atomic mass is 35.5. The van der Waals surface area contributed by atoms with Gasteiger partial charge in [-0.2, -0.15) is 0 Å². The smallest absolute Gasteiger partial charge is 0.224 e. The zero-order chi connectivity index (χ0) is 15.0. The van der Waals surface area contributed by atoms with Gasteiger partial charge in [0.1, 0.15) is 5.82 Å². The molecule has 2 N–H and O–H groups in total. The molecule has 21 heavy (non-hydrogen) atoms. The van der Waals surface area contributed by atoms with Crippen LogP contribution in [-0.4, -0.2) is 19.0 Å². The van der Waals surface area contributed by atoms with E-state index in [4.69, 9.17) is 11.6 Å². The van der Waals surface area contributed by atoms with Gasteiger partial charge in [-0.15, -0.1) is 0 Å². The number of carbonyl (C=O) groups is 1. The molecule has 3 nitrogen and oxygen atoms in total. The molecule has 114 valence electrons. The second-order valence-corrected chi connectivity index (χ2v) is 6.64. The molecular formula is C16H20ClFN2O. The van der Waals surface area contributed by atoms with Crippen LogP contribution in [-0.2, 0) is 4.79 Å². The minimum Gasteiger partial charge on any atom is -0.349 e. The van der Waals surface area contributed by atoms with Crippen molar-refractivity contribution in [3.8, 4) is 0 Å². The number of halogens is 2. The van der Waals surface area contributed by atoms with Crippen LogP contribution in [0.15, 0.2) is 18.2 Å². The molecule has 1 heterocycles. The number of amides is 1. The van der Waals surface area contributed by atoms with Gasteiger partial charge in [0, 0.05) is 16.5 Å². The summed E-state index contributed by atoms with van der Waals surface area (Å²) >= 11 is 6.05. The molecule has 1 saturated carbocycles. The molecular weight excluding hydrogens is 291 g/mol. The zero-order valence-electron chi connectivity index (χ0n) is 12.1. The van der Waals surface area contributed by atoms with Crippen molar-refractivity contribution >= 4 is 17.5 Å². The Bertz CT molecular complexity index is 537. The molecule has 0 aromatic heterocycles. The quantitative estimate of drug-likeness (QED) is 0.901. The topological polar surface area (TPSA) is 41.1 Å². The summed E-state index contributed by atoms with van der Waals surface area (Å²) < 4.78 is 13.9. The maximum Gasteiger partial charge on any atom is 0.224 e. The standard InChI is InChI=1S/C16H20ClFN2O/c1-10(14-12(17)3-2-4-13(14)18)20-15(21)11-9-16(11)5-7-19-8-6-16/h2-4,10-11,19H,5-9H2,1H3,(H,20,21). The van der Waals surface area contributed by atoms with Crippen LogP contribution in [0.25, 0.3) is 0 Å². The van der Waals surface area contributed by atoms with Crippen molar-refractivity contribution in [1.29, 1.82) is 0 Å². The van der Waals surface area contributed by atoms with Crippen molar-refractivity contribution in [3.63, 3.8) is 0 Å². The van der Waals surface area contributed by atoms with E-state index in [9.17, 15) is 9.18 Å². The third-order valence-corrected chi connectivity index (χ3v) is 5.23. The SMILES string of the molecule is CC(NC(=O)C1CC12CCNCC2)c1c(F)cccc1Cl. The van der Waals surface area contributed by atoms with Crippen molar-refractivity contribution in [3.05, 3.63) is 34.6 Å². The maximum atomic E-state index is 13.9. The van der Waals surface area contributed by atoms with E-state index in [0.717, 1.165) is 32.4 Å². The van der Waals surface area contributed by atoms with E-state index in [1.807, 2.05) is 0 Å². The van der Waals surface area contributed by atoms with E-state index in [-0.39, 0.29) is 23.1 Å². The molecule has 1 aliphatic heterocycles. The number of hydrogen-bond acceptors (Lipinski definition) is 2. The number of hydrogen-bond donors (Lipinski definition) is 2. The molecule has 1 aromatic carbocycles. The summed E-state index contributed by atoms with van der Waals surface area (Å²) in [7, 11) is 0. The predicted octanol–water partition coefficient (Wildman–Crippen LogP) is 3.05. The number of benzene rings is 1. The van der Waals surface area contributed by atoms with Gasteiger partial charge in [-0.1, -0.05) is 17.7 Å². The first kappa shape index (κ1) is 14.8. The first-order chi connectivity index (χ1) is 10.0. The molecule has 1 spiro atoms. The summed E-state index contributed by atoms with van der Waals surface area (Å²) in [5.74, 6) is -0.265. The normalized spacial score (nSPS) is 24.6. The Morgan fingerprint density at radius 3 is 2.86 bits per heavy atom. The molecule has 5 heteroatoms. The third kappa shape index (κ3) is 2.79. The van der Waals surface area contributed by atoms with Gasteiger partial charge >= 0.3 is 0 Å². The number of nitrogens with one attached hydrogen (secondary N) is 2. The summed E-state index contributed by atoms with van der Waals surface area (Å²) in [5.41, 5.74) is 0.557. The van der Waals surface area contributed by atoms with Crippen LogP contribution in [0, 0.1) is 17.2 Å².